The highest BCUT2D eigenvalue weighted by atomic mass is 19.3. The van der Waals surface area contributed by atoms with Crippen LogP contribution in [-0.4, -0.2) is 40.4 Å². The number of alkyl halides is 10. The van der Waals surface area contributed by atoms with Gasteiger partial charge in [0.25, 0.3) is 11.3 Å². The molecule has 0 heterocycles. The average Bonchev–Trinajstić information content (AvgIpc) is 2.73. The molecule has 12 heteroatoms. The van der Waals surface area contributed by atoms with E-state index in [2.05, 4.69) is 0 Å². The quantitative estimate of drug-likeness (QED) is 0.389. The first-order chi connectivity index (χ1) is 11.4. The van der Waals surface area contributed by atoms with E-state index in [0.29, 0.717) is 6.92 Å². The van der Waals surface area contributed by atoms with Gasteiger partial charge in [0, 0.05) is 11.1 Å². The molecule has 0 N–H and O–H groups in total. The molecule has 0 saturated heterocycles. The predicted molar refractivity (Wildman–Crippen MR) is 60.2 cm³/mol. The van der Waals surface area contributed by atoms with Crippen LogP contribution < -0.4 is 0 Å². The molecule has 0 spiro atoms. The number of hydrogen-bond donors (Lipinski definition) is 0. The fraction of sp³-hybridized carbons (Fsp3) is 0.571. The van der Waals surface area contributed by atoms with Crippen LogP contribution in [0.4, 0.5) is 52.7 Å². The normalized spacial score (nSPS) is 49.7. The van der Waals surface area contributed by atoms with Crippen molar-refractivity contribution in [2.45, 2.75) is 47.4 Å². The molecule has 0 amide bonds. The molecule has 0 aromatic carbocycles. The van der Waals surface area contributed by atoms with Gasteiger partial charge in [-0.25, -0.2) is 26.3 Å². The van der Waals surface area contributed by atoms with Crippen molar-refractivity contribution in [3.63, 3.8) is 0 Å². The van der Waals surface area contributed by atoms with E-state index in [4.69, 9.17) is 0 Å². The second-order valence-electron chi connectivity index (χ2n) is 6.62. The Hall–Kier alpha value is -1.62. The van der Waals surface area contributed by atoms with Gasteiger partial charge >= 0.3 is 17.8 Å². The summed E-state index contributed by atoms with van der Waals surface area (Å²) in [4.78, 5) is 0. The van der Waals surface area contributed by atoms with Crippen LogP contribution in [0.1, 0.15) is 6.92 Å². The fourth-order valence-corrected chi connectivity index (χ4v) is 4.30. The molecule has 0 aromatic heterocycles. The first-order valence-electron chi connectivity index (χ1n) is 6.85. The van der Waals surface area contributed by atoms with E-state index < -0.39 is 74.9 Å². The van der Waals surface area contributed by atoms with Crippen molar-refractivity contribution < 1.29 is 52.7 Å². The zero-order chi connectivity index (χ0) is 20.1. The second-order valence-corrected chi connectivity index (χ2v) is 6.62. The van der Waals surface area contributed by atoms with Gasteiger partial charge in [-0.3, -0.25) is 0 Å². The van der Waals surface area contributed by atoms with Crippen LogP contribution in [0.25, 0.3) is 0 Å². The van der Waals surface area contributed by atoms with Gasteiger partial charge in [0.05, 0.1) is 0 Å². The second kappa shape index (κ2) is 3.68. The maximum Gasteiger partial charge on any atom is 0.358 e. The van der Waals surface area contributed by atoms with E-state index in [1.54, 1.807) is 0 Å². The summed E-state index contributed by atoms with van der Waals surface area (Å²) >= 11 is 0. The highest BCUT2D eigenvalue weighted by Crippen LogP contribution is 2.80. The Morgan fingerprint density at radius 3 is 1.38 bits per heavy atom. The number of allylic oxidation sites excluding steroid dienone is 6. The molecule has 144 valence electrons. The summed E-state index contributed by atoms with van der Waals surface area (Å²) in [6.07, 6.45) is -0.420. The minimum Gasteiger partial charge on any atom is -0.227 e. The lowest BCUT2D eigenvalue weighted by molar-refractivity contribution is -0.316. The van der Waals surface area contributed by atoms with Gasteiger partial charge in [-0.15, -0.1) is 0 Å². The number of fused-ring (bicyclic) bond motifs is 3. The minimum atomic E-state index is -6.52. The lowest BCUT2D eigenvalue weighted by Crippen LogP contribution is -2.75. The topological polar surface area (TPSA) is 0 Å². The van der Waals surface area contributed by atoms with E-state index >= 15 is 0 Å². The van der Waals surface area contributed by atoms with E-state index in [-0.39, 0.29) is 0 Å². The van der Waals surface area contributed by atoms with Crippen molar-refractivity contribution in [3.8, 4) is 0 Å². The molecule has 5 aliphatic rings. The molecule has 0 nitrogen and oxygen atoms in total. The molecular weight excluding hydrogens is 396 g/mol. The third kappa shape index (κ3) is 1.06. The van der Waals surface area contributed by atoms with E-state index in [1.807, 2.05) is 0 Å². The van der Waals surface area contributed by atoms with E-state index in [9.17, 15) is 52.7 Å². The lowest BCUT2D eigenvalue weighted by atomic mass is 9.58. The summed E-state index contributed by atoms with van der Waals surface area (Å²) < 4.78 is 172. The van der Waals surface area contributed by atoms with Crippen LogP contribution in [-0.2, 0) is 0 Å². The molecule has 26 heavy (non-hydrogen) atoms. The maximum atomic E-state index is 15.0. The summed E-state index contributed by atoms with van der Waals surface area (Å²) in [5.74, 6) is -25.7. The molecule has 4 bridgehead atoms. The van der Waals surface area contributed by atoms with Crippen LogP contribution >= 0.6 is 0 Å². The minimum absolute atomic E-state index is 0.365. The molecular formula is C14H4F12. The molecule has 0 radical (unpaired) electrons. The van der Waals surface area contributed by atoms with Crippen molar-refractivity contribution in [1.82, 2.24) is 0 Å². The molecule has 0 fully saturated rings. The smallest absolute Gasteiger partial charge is 0.227 e. The maximum absolute atomic E-state index is 15.0. The van der Waals surface area contributed by atoms with Crippen LogP contribution in [0.15, 0.2) is 34.4 Å². The van der Waals surface area contributed by atoms with Crippen molar-refractivity contribution in [3.05, 3.63) is 34.4 Å². The van der Waals surface area contributed by atoms with Crippen LogP contribution in [0.5, 0.6) is 0 Å². The molecule has 0 unspecified atom stereocenters. The number of halogens is 12. The van der Waals surface area contributed by atoms with Crippen molar-refractivity contribution in [2.24, 2.45) is 0 Å². The van der Waals surface area contributed by atoms with Gasteiger partial charge in [-0.1, -0.05) is 0 Å². The Morgan fingerprint density at radius 1 is 0.577 bits per heavy atom. The van der Waals surface area contributed by atoms with E-state index in [1.165, 1.54) is 0 Å². The highest BCUT2D eigenvalue weighted by Gasteiger charge is 2.99. The Bertz CT molecular complexity index is 880. The van der Waals surface area contributed by atoms with Gasteiger partial charge in [-0.05, 0) is 18.6 Å². The average molecular weight is 400 g/mol. The number of rotatable bonds is 0. The summed E-state index contributed by atoms with van der Waals surface area (Å²) in [5, 5.41) is 0. The highest BCUT2D eigenvalue weighted by molar-refractivity contribution is 5.75. The zero-order valence-corrected chi connectivity index (χ0v) is 12.1. The Balaban J connectivity index is 2.26. The third-order valence-corrected chi connectivity index (χ3v) is 5.55. The predicted octanol–water partition coefficient (Wildman–Crippen LogP) is 5.17. The largest absolute Gasteiger partial charge is 0.358 e. The molecule has 0 aromatic rings. The Labute approximate surface area is 135 Å². The summed E-state index contributed by atoms with van der Waals surface area (Å²) in [5.41, 5.74) is -28.7. The lowest BCUT2D eigenvalue weighted by Gasteiger charge is -2.54. The summed E-state index contributed by atoms with van der Waals surface area (Å²) in [7, 11) is 0. The van der Waals surface area contributed by atoms with Crippen LogP contribution in [0.3, 0.4) is 0 Å². The van der Waals surface area contributed by atoms with Gasteiger partial charge in [0.15, 0.2) is 11.7 Å². The van der Waals surface area contributed by atoms with Crippen LogP contribution in [0.2, 0.25) is 0 Å². The SMILES string of the molecule is CC1=C[C@]2(F)C3=C([C@@]4(F)C(F)=C(F)[C@]3(F)C(F)(F)C4(F)F)[C@@]1(F)C2(F)F. The fourth-order valence-electron chi connectivity index (χ4n) is 4.30. The third-order valence-electron chi connectivity index (χ3n) is 5.55. The Kier molecular flexibility index (Phi) is 2.52. The van der Waals surface area contributed by atoms with Gasteiger partial charge in [-0.2, -0.15) is 26.3 Å². The molecule has 0 saturated carbocycles. The molecule has 0 aliphatic heterocycles. The van der Waals surface area contributed by atoms with Gasteiger partial charge in [0.2, 0.25) is 11.3 Å². The van der Waals surface area contributed by atoms with Gasteiger partial charge < -0.3 is 0 Å². The van der Waals surface area contributed by atoms with E-state index in [0.717, 1.165) is 0 Å². The first kappa shape index (κ1) is 17.8. The van der Waals surface area contributed by atoms with Crippen molar-refractivity contribution >= 4 is 0 Å². The monoisotopic (exact) mass is 400 g/mol. The molecule has 4 atom stereocenters. The molecule has 5 rings (SSSR count). The van der Waals surface area contributed by atoms with Crippen molar-refractivity contribution in [1.29, 1.82) is 0 Å². The first-order valence-corrected chi connectivity index (χ1v) is 6.85. The summed E-state index contributed by atoms with van der Waals surface area (Å²) in [6.45, 7) is 0.365. The zero-order valence-electron chi connectivity index (χ0n) is 12.1. The Morgan fingerprint density at radius 2 is 0.962 bits per heavy atom. The van der Waals surface area contributed by atoms with Crippen LogP contribution in [0, 0.1) is 0 Å². The van der Waals surface area contributed by atoms with Gasteiger partial charge in [0.1, 0.15) is 0 Å². The number of hydrogen-bond acceptors (Lipinski definition) is 0. The summed E-state index contributed by atoms with van der Waals surface area (Å²) in [6, 6.07) is 0. The van der Waals surface area contributed by atoms with Crippen molar-refractivity contribution in [2.75, 3.05) is 0 Å². The molecule has 5 aliphatic carbocycles. The standard InChI is InChI=1S/C14H4F12/c1-3-2-8(17)4-5(9(3,18)12(8,21)22)11(20)7(16)6(15)10(4,19)13(23,24)14(11,25)26/h2H,1H3/t8-,9+,10-,11+/m0/s1.